The Morgan fingerprint density at radius 1 is 1.19 bits per heavy atom. The third-order valence-electron chi connectivity index (χ3n) is 6.53. The largest absolute Gasteiger partial charge is 0.484 e. The molecule has 1 saturated heterocycles. The molecule has 160 valence electrons. The number of amides is 1. The average molecular weight is 419 g/mol. The maximum Gasteiger partial charge on any atom is 0.261 e. The van der Waals surface area contributed by atoms with Crippen LogP contribution < -0.4 is 10.5 Å². The van der Waals surface area contributed by atoms with Crippen molar-refractivity contribution in [2.45, 2.75) is 37.3 Å². The first-order valence-corrected chi connectivity index (χ1v) is 10.5. The van der Waals surface area contributed by atoms with Crippen LogP contribution in [0.4, 0.5) is 0 Å². The zero-order valence-electron chi connectivity index (χ0n) is 17.7. The van der Waals surface area contributed by atoms with E-state index < -0.39 is 11.1 Å². The van der Waals surface area contributed by atoms with Gasteiger partial charge in [0.05, 0.1) is 6.61 Å². The smallest absolute Gasteiger partial charge is 0.261 e. The van der Waals surface area contributed by atoms with Gasteiger partial charge in [0.1, 0.15) is 11.4 Å². The van der Waals surface area contributed by atoms with Crippen LogP contribution in [0.1, 0.15) is 42.1 Å². The maximum atomic E-state index is 13.5. The van der Waals surface area contributed by atoms with Gasteiger partial charge >= 0.3 is 0 Å². The molecule has 2 aromatic rings. The number of Topliss-reactive ketones (excluding diaryl/α,β-unsaturated/α-hetero) is 1. The van der Waals surface area contributed by atoms with Crippen molar-refractivity contribution in [1.29, 1.82) is 0 Å². The van der Waals surface area contributed by atoms with Crippen molar-refractivity contribution in [3.63, 3.8) is 0 Å². The highest BCUT2D eigenvalue weighted by Gasteiger charge is 2.58. The van der Waals surface area contributed by atoms with Gasteiger partial charge in [0.2, 0.25) is 0 Å². The van der Waals surface area contributed by atoms with Gasteiger partial charge in [-0.2, -0.15) is 0 Å². The highest BCUT2D eigenvalue weighted by molar-refractivity contribution is 6.07. The van der Waals surface area contributed by atoms with Gasteiger partial charge < -0.3 is 15.2 Å². The fraction of sp³-hybridized carbons (Fsp3) is 0.375. The number of rotatable bonds is 2. The van der Waals surface area contributed by atoms with E-state index in [1.807, 2.05) is 36.4 Å². The minimum absolute atomic E-state index is 0.00354. The molecule has 1 amide bonds. The standard InChI is InChI=1S/C24H25N3O4/c1-15(28)16-5-3-6-17(11-16)18-7-8-20-19(12-18)24(21(29)27(2)22(25)26-24)13-23(31-20)9-4-10-30-14-23/h3,5-8,11-12H,4,9-10,13-14H2,1-2H3,(H2,25,26)/t23-,24+/m1/s1. The van der Waals surface area contributed by atoms with E-state index in [9.17, 15) is 9.59 Å². The van der Waals surface area contributed by atoms with Crippen LogP contribution in [0.15, 0.2) is 47.5 Å². The molecule has 0 unspecified atom stereocenters. The summed E-state index contributed by atoms with van der Waals surface area (Å²) in [6, 6.07) is 13.2. The SMILES string of the molecule is CC(=O)c1cccc(-c2ccc3c(c2)[C@]2(C[C@@]4(CCCOC4)O3)N=C(N)N(C)C2=O)c1. The van der Waals surface area contributed by atoms with Crippen LogP contribution in [-0.4, -0.2) is 48.4 Å². The molecule has 0 saturated carbocycles. The number of carbonyl (C=O) groups excluding carboxylic acids is 2. The van der Waals surface area contributed by atoms with E-state index in [0.717, 1.165) is 24.0 Å². The van der Waals surface area contributed by atoms with Crippen LogP contribution in [0.3, 0.4) is 0 Å². The third-order valence-corrected chi connectivity index (χ3v) is 6.53. The minimum Gasteiger partial charge on any atom is -0.484 e. The Kier molecular flexibility index (Phi) is 4.41. The summed E-state index contributed by atoms with van der Waals surface area (Å²) in [4.78, 5) is 31.4. The summed E-state index contributed by atoms with van der Waals surface area (Å²) in [6.45, 7) is 2.66. The summed E-state index contributed by atoms with van der Waals surface area (Å²) in [6.07, 6.45) is 2.04. The van der Waals surface area contributed by atoms with Gasteiger partial charge in [-0.25, -0.2) is 4.99 Å². The highest BCUT2D eigenvalue weighted by Crippen LogP contribution is 2.51. The zero-order chi connectivity index (χ0) is 21.8. The predicted octanol–water partition coefficient (Wildman–Crippen LogP) is 2.87. The monoisotopic (exact) mass is 419 g/mol. The Morgan fingerprint density at radius 2 is 2.00 bits per heavy atom. The van der Waals surface area contributed by atoms with Crippen molar-refractivity contribution in [2.24, 2.45) is 10.7 Å². The summed E-state index contributed by atoms with van der Waals surface area (Å²) in [5.74, 6) is 0.676. The van der Waals surface area contributed by atoms with Crippen LogP contribution in [-0.2, 0) is 15.1 Å². The number of hydrogen-bond donors (Lipinski definition) is 1. The van der Waals surface area contributed by atoms with Crippen molar-refractivity contribution < 1.29 is 19.1 Å². The number of ketones is 1. The van der Waals surface area contributed by atoms with E-state index in [2.05, 4.69) is 0 Å². The molecule has 3 heterocycles. The molecule has 31 heavy (non-hydrogen) atoms. The van der Waals surface area contributed by atoms with Crippen molar-refractivity contribution in [3.8, 4) is 16.9 Å². The number of fused-ring (bicyclic) bond motifs is 2. The number of nitrogens with two attached hydrogens (primary N) is 1. The molecule has 2 aromatic carbocycles. The summed E-state index contributed by atoms with van der Waals surface area (Å²) < 4.78 is 12.2. The van der Waals surface area contributed by atoms with E-state index in [-0.39, 0.29) is 17.6 Å². The quantitative estimate of drug-likeness (QED) is 0.756. The lowest BCUT2D eigenvalue weighted by molar-refractivity contribution is -0.139. The molecule has 2 atom stereocenters. The first-order chi connectivity index (χ1) is 14.8. The van der Waals surface area contributed by atoms with E-state index in [1.54, 1.807) is 20.0 Å². The number of guanidine groups is 1. The lowest BCUT2D eigenvalue weighted by Crippen LogP contribution is -2.55. The molecule has 7 nitrogen and oxygen atoms in total. The van der Waals surface area contributed by atoms with Gasteiger partial charge in [-0.1, -0.05) is 24.3 Å². The number of hydrogen-bond acceptors (Lipinski definition) is 6. The fourth-order valence-corrected chi connectivity index (χ4v) is 4.91. The Hall–Kier alpha value is -3.19. The predicted molar refractivity (Wildman–Crippen MR) is 116 cm³/mol. The molecular weight excluding hydrogens is 394 g/mol. The molecule has 0 aromatic heterocycles. The molecule has 3 aliphatic rings. The Balaban J connectivity index is 1.67. The maximum absolute atomic E-state index is 13.5. The van der Waals surface area contributed by atoms with E-state index in [4.69, 9.17) is 20.2 Å². The number of aliphatic imine (C=N–C) groups is 1. The van der Waals surface area contributed by atoms with Crippen LogP contribution in [0, 0.1) is 0 Å². The normalized spacial score (nSPS) is 27.2. The molecule has 0 bridgehead atoms. The molecule has 2 spiro atoms. The number of benzene rings is 2. The lowest BCUT2D eigenvalue weighted by Gasteiger charge is -2.46. The van der Waals surface area contributed by atoms with E-state index in [1.165, 1.54) is 4.90 Å². The van der Waals surface area contributed by atoms with E-state index >= 15 is 0 Å². The molecule has 0 radical (unpaired) electrons. The number of carbonyl (C=O) groups is 2. The third kappa shape index (κ3) is 3.03. The van der Waals surface area contributed by atoms with Crippen LogP contribution in [0.5, 0.6) is 5.75 Å². The average Bonchev–Trinajstić information content (AvgIpc) is 2.98. The van der Waals surface area contributed by atoms with Gasteiger partial charge in [-0.15, -0.1) is 0 Å². The van der Waals surface area contributed by atoms with Crippen LogP contribution >= 0.6 is 0 Å². The van der Waals surface area contributed by atoms with Gasteiger partial charge in [0.15, 0.2) is 17.3 Å². The molecular formula is C24H25N3O4. The fourth-order valence-electron chi connectivity index (χ4n) is 4.91. The Morgan fingerprint density at radius 3 is 2.68 bits per heavy atom. The second-order valence-electron chi connectivity index (χ2n) is 8.66. The number of ether oxygens (including phenoxy) is 2. The number of nitrogens with zero attached hydrogens (tertiary/aromatic N) is 2. The summed E-state index contributed by atoms with van der Waals surface area (Å²) in [5, 5.41) is 0. The summed E-state index contributed by atoms with van der Waals surface area (Å²) >= 11 is 0. The first-order valence-electron chi connectivity index (χ1n) is 10.5. The van der Waals surface area contributed by atoms with E-state index in [0.29, 0.717) is 36.5 Å². The molecule has 3 aliphatic heterocycles. The van der Waals surface area contributed by atoms with Gasteiger partial charge in [0, 0.05) is 31.2 Å². The van der Waals surface area contributed by atoms with Gasteiger partial charge in [-0.3, -0.25) is 14.5 Å². The van der Waals surface area contributed by atoms with Gasteiger partial charge in [0.25, 0.3) is 5.91 Å². The second kappa shape index (κ2) is 6.92. The number of likely N-dealkylation sites (N-methyl/N-ethyl adjacent to an activating group) is 1. The molecule has 0 aliphatic carbocycles. The minimum atomic E-state index is -1.14. The molecule has 5 rings (SSSR count). The zero-order valence-corrected chi connectivity index (χ0v) is 17.7. The molecule has 7 heteroatoms. The highest BCUT2D eigenvalue weighted by atomic mass is 16.5. The van der Waals surface area contributed by atoms with Crippen LogP contribution in [0.25, 0.3) is 11.1 Å². The van der Waals surface area contributed by atoms with Crippen molar-refractivity contribution in [1.82, 2.24) is 4.90 Å². The van der Waals surface area contributed by atoms with Crippen molar-refractivity contribution >= 4 is 17.6 Å². The Labute approximate surface area is 180 Å². The Bertz CT molecular complexity index is 1120. The van der Waals surface area contributed by atoms with Crippen molar-refractivity contribution in [2.75, 3.05) is 20.3 Å². The van der Waals surface area contributed by atoms with Crippen LogP contribution in [0.2, 0.25) is 0 Å². The van der Waals surface area contributed by atoms with Crippen molar-refractivity contribution in [3.05, 3.63) is 53.6 Å². The lowest BCUT2D eigenvalue weighted by atomic mass is 9.74. The summed E-state index contributed by atoms with van der Waals surface area (Å²) in [7, 11) is 1.65. The van der Waals surface area contributed by atoms with Gasteiger partial charge in [-0.05, 0) is 49.1 Å². The summed E-state index contributed by atoms with van der Waals surface area (Å²) in [5.41, 5.74) is 7.47. The first kappa shape index (κ1) is 19.8. The topological polar surface area (TPSA) is 94.2 Å². The molecule has 2 N–H and O–H groups in total. The molecule has 1 fully saturated rings. The second-order valence-corrected chi connectivity index (χ2v) is 8.66.